The molecule has 0 aliphatic carbocycles. The van der Waals surface area contributed by atoms with Crippen molar-refractivity contribution in [1.82, 2.24) is 19.2 Å². The van der Waals surface area contributed by atoms with Crippen LogP contribution < -0.4 is 5.32 Å². The van der Waals surface area contributed by atoms with Gasteiger partial charge in [0.15, 0.2) is 0 Å². The van der Waals surface area contributed by atoms with Crippen LogP contribution >= 0.6 is 23.3 Å². The summed E-state index contributed by atoms with van der Waals surface area (Å²) in [7, 11) is 0. The minimum Gasteiger partial charge on any atom is -0.324 e. The first kappa shape index (κ1) is 14.8. The lowest BCUT2D eigenvalue weighted by atomic mass is 10.0. The minimum atomic E-state index is -0.0585. The van der Waals surface area contributed by atoms with E-state index in [1.165, 1.54) is 23.3 Å². The number of likely N-dealkylation sites (tertiary alicyclic amines) is 1. The number of rotatable bonds is 3. The van der Waals surface area contributed by atoms with Crippen molar-refractivity contribution < 1.29 is 4.79 Å². The van der Waals surface area contributed by atoms with Crippen LogP contribution in [0.25, 0.3) is 0 Å². The Morgan fingerprint density at radius 1 is 1.38 bits per heavy atom. The first-order chi connectivity index (χ1) is 10.3. The van der Waals surface area contributed by atoms with Crippen LogP contribution in [-0.4, -0.2) is 63.7 Å². The van der Waals surface area contributed by atoms with Crippen molar-refractivity contribution >= 4 is 34.5 Å². The molecule has 0 spiro atoms. The van der Waals surface area contributed by atoms with Gasteiger partial charge in [-0.2, -0.15) is 9.36 Å². The Morgan fingerprint density at radius 3 is 2.71 bits per heavy atom. The topological polar surface area (TPSA) is 61.4 Å². The number of piperidine rings is 1. The highest BCUT2D eigenvalue weighted by atomic mass is 32.2. The number of carbonyl (C=O) groups excluding carboxylic acids is 1. The molecule has 0 atom stereocenters. The van der Waals surface area contributed by atoms with E-state index in [4.69, 9.17) is 0 Å². The van der Waals surface area contributed by atoms with Crippen LogP contribution in [-0.2, 0) is 0 Å². The van der Waals surface area contributed by atoms with Gasteiger partial charge in [0.2, 0.25) is 10.3 Å². The lowest BCUT2D eigenvalue weighted by molar-refractivity contribution is 0.144. The van der Waals surface area contributed by atoms with E-state index < -0.39 is 0 Å². The first-order valence-electron chi connectivity index (χ1n) is 7.09. The normalized spacial score (nSPS) is 20.1. The summed E-state index contributed by atoms with van der Waals surface area (Å²) in [5, 5.41) is 4.13. The van der Waals surface area contributed by atoms with Crippen LogP contribution in [0.1, 0.15) is 12.8 Å². The molecule has 0 radical (unpaired) electrons. The van der Waals surface area contributed by atoms with Crippen LogP contribution in [0.4, 0.5) is 9.93 Å². The van der Waals surface area contributed by atoms with Crippen molar-refractivity contribution in [3.63, 3.8) is 0 Å². The predicted octanol–water partition coefficient (Wildman–Crippen LogP) is 2.13. The Hall–Kier alpha value is -1.12. The van der Waals surface area contributed by atoms with E-state index in [1.807, 2.05) is 11.2 Å². The summed E-state index contributed by atoms with van der Waals surface area (Å²) in [6.45, 7) is 3.72. The van der Waals surface area contributed by atoms with Gasteiger partial charge in [-0.1, -0.05) is 23.9 Å². The van der Waals surface area contributed by atoms with Crippen LogP contribution in [0.2, 0.25) is 0 Å². The van der Waals surface area contributed by atoms with Gasteiger partial charge in [-0.25, -0.2) is 4.79 Å². The van der Waals surface area contributed by atoms with E-state index in [-0.39, 0.29) is 6.03 Å². The summed E-state index contributed by atoms with van der Waals surface area (Å²) < 4.78 is 4.14. The standard InChI is InChI=1S/C13H19N5OS2/c1-20-12-14-11(21-16-12)15-13(19)18-8-4-10(5-9-18)17-6-2-3-7-17/h2-3,10H,4-9H2,1H3,(H,14,15,16,19). The number of carbonyl (C=O) groups is 1. The van der Waals surface area contributed by atoms with Gasteiger partial charge in [0.05, 0.1) is 0 Å². The summed E-state index contributed by atoms with van der Waals surface area (Å²) in [5.74, 6) is 0. The molecule has 8 heteroatoms. The lowest BCUT2D eigenvalue weighted by Gasteiger charge is -2.36. The summed E-state index contributed by atoms with van der Waals surface area (Å²) in [4.78, 5) is 20.8. The number of hydrogen-bond donors (Lipinski definition) is 1. The fourth-order valence-electron chi connectivity index (χ4n) is 2.74. The summed E-state index contributed by atoms with van der Waals surface area (Å²) >= 11 is 2.71. The molecule has 0 unspecified atom stereocenters. The molecule has 2 aliphatic heterocycles. The zero-order valence-electron chi connectivity index (χ0n) is 12.0. The maximum atomic E-state index is 12.2. The van der Waals surface area contributed by atoms with Gasteiger partial charge in [-0.05, 0) is 19.1 Å². The van der Waals surface area contributed by atoms with Gasteiger partial charge >= 0.3 is 6.03 Å². The van der Waals surface area contributed by atoms with Crippen molar-refractivity contribution in [2.24, 2.45) is 0 Å². The second kappa shape index (κ2) is 6.76. The predicted molar refractivity (Wildman–Crippen MR) is 86.0 cm³/mol. The number of nitrogens with zero attached hydrogens (tertiary/aromatic N) is 4. The fourth-order valence-corrected chi connectivity index (χ4v) is 3.86. The molecule has 1 fully saturated rings. The third-order valence-corrected chi connectivity index (χ3v) is 5.21. The van der Waals surface area contributed by atoms with Crippen LogP contribution in [0, 0.1) is 0 Å². The Balaban J connectivity index is 1.48. The number of amides is 2. The number of aromatic nitrogens is 2. The molecule has 1 N–H and O–H groups in total. The lowest BCUT2D eigenvalue weighted by Crippen LogP contribution is -2.47. The van der Waals surface area contributed by atoms with Crippen molar-refractivity contribution in [2.45, 2.75) is 24.0 Å². The monoisotopic (exact) mass is 325 g/mol. The molecule has 3 heterocycles. The highest BCUT2D eigenvalue weighted by molar-refractivity contribution is 7.98. The van der Waals surface area contributed by atoms with Gasteiger partial charge < -0.3 is 4.90 Å². The molecule has 114 valence electrons. The average molecular weight is 325 g/mol. The molecule has 2 amide bonds. The fraction of sp³-hybridized carbons (Fsp3) is 0.615. The second-order valence-electron chi connectivity index (χ2n) is 5.16. The molecule has 1 aromatic heterocycles. The van der Waals surface area contributed by atoms with Gasteiger partial charge in [-0.15, -0.1) is 0 Å². The van der Waals surface area contributed by atoms with E-state index in [1.54, 1.807) is 0 Å². The van der Waals surface area contributed by atoms with E-state index in [2.05, 4.69) is 31.7 Å². The summed E-state index contributed by atoms with van der Waals surface area (Å²) in [6.07, 6.45) is 8.45. The van der Waals surface area contributed by atoms with Gasteiger partial charge in [0.1, 0.15) is 0 Å². The van der Waals surface area contributed by atoms with E-state index in [0.29, 0.717) is 16.3 Å². The molecular weight excluding hydrogens is 306 g/mol. The molecule has 1 saturated heterocycles. The number of urea groups is 1. The molecule has 0 saturated carbocycles. The highest BCUT2D eigenvalue weighted by Gasteiger charge is 2.27. The van der Waals surface area contributed by atoms with Gasteiger partial charge in [0.25, 0.3) is 0 Å². The van der Waals surface area contributed by atoms with E-state index in [0.717, 1.165) is 39.0 Å². The van der Waals surface area contributed by atoms with Crippen LogP contribution in [0.15, 0.2) is 17.3 Å². The van der Waals surface area contributed by atoms with Crippen molar-refractivity contribution in [3.8, 4) is 0 Å². The van der Waals surface area contributed by atoms with Gasteiger partial charge in [-0.3, -0.25) is 10.2 Å². The minimum absolute atomic E-state index is 0.0585. The third kappa shape index (κ3) is 3.56. The molecule has 6 nitrogen and oxygen atoms in total. The van der Waals surface area contributed by atoms with E-state index in [9.17, 15) is 4.79 Å². The molecule has 0 bridgehead atoms. The molecule has 1 aromatic rings. The molecule has 0 aromatic carbocycles. The molecule has 21 heavy (non-hydrogen) atoms. The third-order valence-electron chi connectivity index (χ3n) is 3.92. The molecule has 3 rings (SSSR count). The number of hydrogen-bond acceptors (Lipinski definition) is 6. The SMILES string of the molecule is CSc1nsc(NC(=O)N2CCC(N3CC=CC3)CC2)n1. The second-order valence-corrected chi connectivity index (χ2v) is 6.69. The van der Waals surface area contributed by atoms with Crippen molar-refractivity contribution in [1.29, 1.82) is 0 Å². The van der Waals surface area contributed by atoms with Gasteiger partial charge in [0, 0.05) is 43.8 Å². The smallest absolute Gasteiger partial charge is 0.323 e. The molecule has 2 aliphatic rings. The summed E-state index contributed by atoms with van der Waals surface area (Å²) in [5.41, 5.74) is 0. The molecular formula is C13H19N5OS2. The number of nitrogens with one attached hydrogen (secondary N) is 1. The Morgan fingerprint density at radius 2 is 2.10 bits per heavy atom. The zero-order chi connectivity index (χ0) is 14.7. The van der Waals surface area contributed by atoms with Crippen molar-refractivity contribution in [2.75, 3.05) is 37.8 Å². The van der Waals surface area contributed by atoms with Crippen LogP contribution in [0.3, 0.4) is 0 Å². The maximum absolute atomic E-state index is 12.2. The Kier molecular flexibility index (Phi) is 4.77. The summed E-state index contributed by atoms with van der Waals surface area (Å²) in [6, 6.07) is 0.547. The average Bonchev–Trinajstić information content (AvgIpc) is 3.19. The zero-order valence-corrected chi connectivity index (χ0v) is 13.6. The Bertz CT molecular complexity index is 516. The van der Waals surface area contributed by atoms with Crippen LogP contribution in [0.5, 0.6) is 0 Å². The van der Waals surface area contributed by atoms with Crippen molar-refractivity contribution in [3.05, 3.63) is 12.2 Å². The highest BCUT2D eigenvalue weighted by Crippen LogP contribution is 2.21. The first-order valence-corrected chi connectivity index (χ1v) is 9.09. The quantitative estimate of drug-likeness (QED) is 0.681. The maximum Gasteiger partial charge on any atom is 0.323 e. The van der Waals surface area contributed by atoms with E-state index >= 15 is 0 Å². The number of thioether (sulfide) groups is 1. The Labute approximate surface area is 132 Å². The largest absolute Gasteiger partial charge is 0.324 e. The number of anilines is 1.